The van der Waals surface area contributed by atoms with E-state index in [2.05, 4.69) is 59.7 Å². The Morgan fingerprint density at radius 2 is 1.74 bits per heavy atom. The van der Waals surface area contributed by atoms with E-state index in [1.807, 2.05) is 12.4 Å². The molecule has 2 aromatic rings. The molecule has 3 unspecified atom stereocenters. The monoisotopic (exact) mass is 252 g/mol. The van der Waals surface area contributed by atoms with Gasteiger partial charge in [0.15, 0.2) is 0 Å². The van der Waals surface area contributed by atoms with Gasteiger partial charge in [0.1, 0.15) is 0 Å². The maximum atomic E-state index is 4.11. The van der Waals surface area contributed by atoms with E-state index < -0.39 is 0 Å². The molecule has 0 saturated heterocycles. The fourth-order valence-electron chi connectivity index (χ4n) is 2.58. The van der Waals surface area contributed by atoms with Crippen molar-refractivity contribution in [1.82, 2.24) is 10.3 Å². The van der Waals surface area contributed by atoms with Gasteiger partial charge in [-0.05, 0) is 48.1 Å². The highest BCUT2D eigenvalue weighted by Crippen LogP contribution is 2.37. The molecule has 19 heavy (non-hydrogen) atoms. The quantitative estimate of drug-likeness (QED) is 0.882. The van der Waals surface area contributed by atoms with Crippen LogP contribution in [-0.4, -0.2) is 11.5 Å². The number of benzene rings is 1. The second-order valence-electron chi connectivity index (χ2n) is 5.51. The lowest BCUT2D eigenvalue weighted by atomic mass is 9.99. The molecule has 3 rings (SSSR count). The molecule has 2 heteroatoms. The van der Waals surface area contributed by atoms with Crippen LogP contribution in [0.15, 0.2) is 54.9 Å². The molecular formula is C17H20N2. The van der Waals surface area contributed by atoms with E-state index in [-0.39, 0.29) is 6.04 Å². The summed E-state index contributed by atoms with van der Waals surface area (Å²) in [6.45, 7) is 3.43. The summed E-state index contributed by atoms with van der Waals surface area (Å²) in [5.41, 5.74) is 2.61. The average molecular weight is 252 g/mol. The van der Waals surface area contributed by atoms with Crippen molar-refractivity contribution in [3.63, 3.8) is 0 Å². The molecule has 98 valence electrons. The molecule has 1 aliphatic carbocycles. The van der Waals surface area contributed by atoms with Gasteiger partial charge < -0.3 is 5.32 Å². The molecule has 1 saturated carbocycles. The maximum Gasteiger partial charge on any atom is 0.0577 e. The molecule has 0 amide bonds. The zero-order valence-electron chi connectivity index (χ0n) is 11.3. The largest absolute Gasteiger partial charge is 0.306 e. The third kappa shape index (κ3) is 3.02. The predicted octanol–water partition coefficient (Wildman–Crippen LogP) is 3.42. The van der Waals surface area contributed by atoms with Gasteiger partial charge in [-0.1, -0.05) is 37.3 Å². The van der Waals surface area contributed by atoms with Crippen LogP contribution < -0.4 is 5.32 Å². The fraction of sp³-hybridized carbons (Fsp3) is 0.353. The molecule has 1 fully saturated rings. The molecular weight excluding hydrogens is 232 g/mol. The summed E-state index contributed by atoms with van der Waals surface area (Å²) >= 11 is 0. The van der Waals surface area contributed by atoms with Gasteiger partial charge in [0.25, 0.3) is 0 Å². The lowest BCUT2D eigenvalue weighted by Gasteiger charge is -2.19. The number of rotatable bonds is 5. The third-order valence-corrected chi connectivity index (χ3v) is 4.03. The Balaban J connectivity index is 1.79. The molecule has 2 nitrogen and oxygen atoms in total. The highest BCUT2D eigenvalue weighted by Gasteiger charge is 2.32. The van der Waals surface area contributed by atoms with E-state index in [1.165, 1.54) is 17.5 Å². The summed E-state index contributed by atoms with van der Waals surface area (Å²) in [5, 5.41) is 3.72. The highest BCUT2D eigenvalue weighted by atomic mass is 14.9. The molecule has 1 heterocycles. The molecule has 3 atom stereocenters. The first-order valence-corrected chi connectivity index (χ1v) is 7.03. The van der Waals surface area contributed by atoms with Gasteiger partial charge in [0.2, 0.25) is 0 Å². The SMILES string of the molecule is CC1CC1CNC(c1ccccc1)c1ccncc1. The normalized spacial score (nSPS) is 23.0. The summed E-state index contributed by atoms with van der Waals surface area (Å²) < 4.78 is 0. The molecule has 1 N–H and O–H groups in total. The lowest BCUT2D eigenvalue weighted by Crippen LogP contribution is -2.25. The van der Waals surface area contributed by atoms with Crippen molar-refractivity contribution in [3.05, 3.63) is 66.0 Å². The fourth-order valence-corrected chi connectivity index (χ4v) is 2.58. The topological polar surface area (TPSA) is 24.9 Å². The van der Waals surface area contributed by atoms with Gasteiger partial charge in [-0.25, -0.2) is 0 Å². The first kappa shape index (κ1) is 12.4. The number of hydrogen-bond donors (Lipinski definition) is 1. The minimum absolute atomic E-state index is 0.275. The molecule has 1 aromatic heterocycles. The van der Waals surface area contributed by atoms with Crippen LogP contribution in [0.2, 0.25) is 0 Å². The van der Waals surface area contributed by atoms with Gasteiger partial charge >= 0.3 is 0 Å². The van der Waals surface area contributed by atoms with Crippen LogP contribution >= 0.6 is 0 Å². The highest BCUT2D eigenvalue weighted by molar-refractivity contribution is 5.30. The number of nitrogens with zero attached hydrogens (tertiary/aromatic N) is 1. The Morgan fingerprint density at radius 1 is 1.11 bits per heavy atom. The molecule has 0 spiro atoms. The van der Waals surface area contributed by atoms with Gasteiger partial charge in [0.05, 0.1) is 6.04 Å². The van der Waals surface area contributed by atoms with Crippen LogP contribution in [0.1, 0.15) is 30.5 Å². The molecule has 0 bridgehead atoms. The average Bonchev–Trinajstić information content (AvgIpc) is 3.17. The van der Waals surface area contributed by atoms with Crippen molar-refractivity contribution in [2.75, 3.05) is 6.54 Å². The number of hydrogen-bond acceptors (Lipinski definition) is 2. The zero-order valence-corrected chi connectivity index (χ0v) is 11.3. The van der Waals surface area contributed by atoms with Crippen LogP contribution in [0.25, 0.3) is 0 Å². The van der Waals surface area contributed by atoms with E-state index in [1.54, 1.807) is 0 Å². The second kappa shape index (κ2) is 5.54. The first-order chi connectivity index (χ1) is 9.34. The van der Waals surface area contributed by atoms with Crippen molar-refractivity contribution in [1.29, 1.82) is 0 Å². The smallest absolute Gasteiger partial charge is 0.0577 e. The van der Waals surface area contributed by atoms with E-state index in [0.717, 1.165) is 18.4 Å². The second-order valence-corrected chi connectivity index (χ2v) is 5.51. The van der Waals surface area contributed by atoms with E-state index in [0.29, 0.717) is 0 Å². The van der Waals surface area contributed by atoms with E-state index in [4.69, 9.17) is 0 Å². The Labute approximate surface area is 114 Å². The van der Waals surface area contributed by atoms with Crippen molar-refractivity contribution >= 4 is 0 Å². The Bertz CT molecular complexity index is 470. The van der Waals surface area contributed by atoms with Crippen LogP contribution in [0.3, 0.4) is 0 Å². The number of nitrogens with one attached hydrogen (secondary N) is 1. The van der Waals surface area contributed by atoms with Crippen LogP contribution in [0, 0.1) is 11.8 Å². The van der Waals surface area contributed by atoms with Crippen molar-refractivity contribution in [3.8, 4) is 0 Å². The van der Waals surface area contributed by atoms with Gasteiger partial charge in [0, 0.05) is 12.4 Å². The predicted molar refractivity (Wildman–Crippen MR) is 77.8 cm³/mol. The Hall–Kier alpha value is -1.67. The Morgan fingerprint density at radius 3 is 2.37 bits per heavy atom. The Kier molecular flexibility index (Phi) is 3.60. The van der Waals surface area contributed by atoms with Crippen molar-refractivity contribution in [2.24, 2.45) is 11.8 Å². The molecule has 1 aromatic carbocycles. The van der Waals surface area contributed by atoms with Crippen molar-refractivity contribution in [2.45, 2.75) is 19.4 Å². The maximum absolute atomic E-state index is 4.11. The molecule has 0 radical (unpaired) electrons. The van der Waals surface area contributed by atoms with Gasteiger partial charge in [-0.3, -0.25) is 4.98 Å². The standard InChI is InChI=1S/C17H20N2/c1-13-11-16(13)12-19-17(14-5-3-2-4-6-14)15-7-9-18-10-8-15/h2-10,13,16-17,19H,11-12H2,1H3. The zero-order chi connectivity index (χ0) is 13.1. The van der Waals surface area contributed by atoms with Gasteiger partial charge in [-0.15, -0.1) is 0 Å². The van der Waals surface area contributed by atoms with Crippen LogP contribution in [0.5, 0.6) is 0 Å². The summed E-state index contributed by atoms with van der Waals surface area (Å²) in [6.07, 6.45) is 5.10. The van der Waals surface area contributed by atoms with Crippen molar-refractivity contribution < 1.29 is 0 Å². The molecule has 0 aliphatic heterocycles. The molecule has 1 aliphatic rings. The summed E-state index contributed by atoms with van der Waals surface area (Å²) in [7, 11) is 0. The van der Waals surface area contributed by atoms with E-state index in [9.17, 15) is 0 Å². The number of aromatic nitrogens is 1. The summed E-state index contributed by atoms with van der Waals surface area (Å²) in [6, 6.07) is 15.1. The van der Waals surface area contributed by atoms with E-state index >= 15 is 0 Å². The van der Waals surface area contributed by atoms with Crippen LogP contribution in [0.4, 0.5) is 0 Å². The van der Waals surface area contributed by atoms with Gasteiger partial charge in [-0.2, -0.15) is 0 Å². The first-order valence-electron chi connectivity index (χ1n) is 7.03. The minimum Gasteiger partial charge on any atom is -0.306 e. The minimum atomic E-state index is 0.275. The summed E-state index contributed by atoms with van der Waals surface area (Å²) in [5.74, 6) is 1.74. The number of pyridine rings is 1. The lowest BCUT2D eigenvalue weighted by molar-refractivity contribution is 0.556. The van der Waals surface area contributed by atoms with Crippen LogP contribution in [-0.2, 0) is 0 Å². The third-order valence-electron chi connectivity index (χ3n) is 4.03. The summed E-state index contributed by atoms with van der Waals surface area (Å²) in [4.78, 5) is 4.11.